The molecule has 0 unspecified atom stereocenters. The van der Waals surface area contributed by atoms with Crippen molar-refractivity contribution in [2.45, 2.75) is 32.8 Å². The SMILES string of the molecule is COC(=O)C1=C(C)SC(N)=C(C#N)[C@@H]1c1ccc(OC(C)C)c(OC)c1. The van der Waals surface area contributed by atoms with Gasteiger partial charge in [-0.15, -0.1) is 0 Å². The Hall–Kier alpha value is -2.59. The van der Waals surface area contributed by atoms with Crippen LogP contribution in [-0.4, -0.2) is 26.3 Å². The van der Waals surface area contributed by atoms with Crippen molar-refractivity contribution in [2.24, 2.45) is 5.73 Å². The number of hydrogen-bond donors (Lipinski definition) is 1. The fourth-order valence-corrected chi connectivity index (χ4v) is 3.72. The van der Waals surface area contributed by atoms with E-state index < -0.39 is 11.9 Å². The molecule has 1 aliphatic rings. The van der Waals surface area contributed by atoms with E-state index in [-0.39, 0.29) is 6.10 Å². The van der Waals surface area contributed by atoms with Crippen molar-refractivity contribution >= 4 is 17.7 Å². The third kappa shape index (κ3) is 3.81. The van der Waals surface area contributed by atoms with Crippen LogP contribution < -0.4 is 15.2 Å². The van der Waals surface area contributed by atoms with Gasteiger partial charge in [-0.2, -0.15) is 5.26 Å². The van der Waals surface area contributed by atoms with Crippen LogP contribution in [0.4, 0.5) is 0 Å². The number of methoxy groups -OCH3 is 2. The largest absolute Gasteiger partial charge is 0.493 e. The number of benzene rings is 1. The Bertz CT molecular complexity index is 821. The fraction of sp³-hybridized carbons (Fsp3) is 0.368. The Kier molecular flexibility index (Phi) is 6.22. The van der Waals surface area contributed by atoms with Crippen molar-refractivity contribution < 1.29 is 19.0 Å². The summed E-state index contributed by atoms with van der Waals surface area (Å²) in [5, 5.41) is 10.00. The summed E-state index contributed by atoms with van der Waals surface area (Å²) < 4.78 is 16.1. The molecule has 2 N–H and O–H groups in total. The lowest BCUT2D eigenvalue weighted by molar-refractivity contribution is -0.136. The molecule has 0 saturated carbocycles. The van der Waals surface area contributed by atoms with E-state index in [0.717, 1.165) is 0 Å². The van der Waals surface area contributed by atoms with Gasteiger partial charge in [-0.3, -0.25) is 0 Å². The highest BCUT2D eigenvalue weighted by Gasteiger charge is 2.35. The molecular weight excluding hydrogens is 352 g/mol. The Morgan fingerprint density at radius 1 is 1.31 bits per heavy atom. The molecule has 0 spiro atoms. The molecule has 138 valence electrons. The summed E-state index contributed by atoms with van der Waals surface area (Å²) >= 11 is 1.20. The normalized spacial score (nSPS) is 17.2. The number of nitrogens with zero attached hydrogens (tertiary/aromatic N) is 1. The number of ether oxygens (including phenoxy) is 3. The van der Waals surface area contributed by atoms with Crippen LogP contribution in [0.5, 0.6) is 11.5 Å². The summed E-state index contributed by atoms with van der Waals surface area (Å²) in [5.74, 6) is 0.0109. The number of carbonyl (C=O) groups excluding carboxylic acids is 1. The molecule has 0 fully saturated rings. The monoisotopic (exact) mass is 374 g/mol. The van der Waals surface area contributed by atoms with Gasteiger partial charge in [0, 0.05) is 0 Å². The van der Waals surface area contributed by atoms with Gasteiger partial charge in [0.25, 0.3) is 0 Å². The first kappa shape index (κ1) is 19.7. The number of allylic oxidation sites excluding steroid dienone is 2. The third-order valence-electron chi connectivity index (χ3n) is 3.89. The van der Waals surface area contributed by atoms with Crippen molar-refractivity contribution in [1.82, 2.24) is 0 Å². The van der Waals surface area contributed by atoms with Crippen LogP contribution in [0.15, 0.2) is 39.3 Å². The lowest BCUT2D eigenvalue weighted by Gasteiger charge is -2.27. The van der Waals surface area contributed by atoms with E-state index in [2.05, 4.69) is 6.07 Å². The predicted molar refractivity (Wildman–Crippen MR) is 101 cm³/mol. The van der Waals surface area contributed by atoms with E-state index >= 15 is 0 Å². The molecule has 0 aromatic heterocycles. The van der Waals surface area contributed by atoms with E-state index in [9.17, 15) is 10.1 Å². The van der Waals surface area contributed by atoms with Crippen LogP contribution in [0, 0.1) is 11.3 Å². The number of nitriles is 1. The molecule has 1 atom stereocenters. The summed E-state index contributed by atoms with van der Waals surface area (Å²) in [6.45, 7) is 5.63. The molecule has 0 aliphatic carbocycles. The van der Waals surface area contributed by atoms with Gasteiger partial charge in [0.1, 0.15) is 0 Å². The molecule has 0 radical (unpaired) electrons. The predicted octanol–water partition coefficient (Wildman–Crippen LogP) is 3.45. The van der Waals surface area contributed by atoms with Crippen molar-refractivity contribution in [3.05, 3.63) is 44.8 Å². The number of thioether (sulfide) groups is 1. The number of rotatable bonds is 5. The minimum Gasteiger partial charge on any atom is -0.493 e. The number of hydrogen-bond acceptors (Lipinski definition) is 7. The summed E-state index contributed by atoms with van der Waals surface area (Å²) in [6.07, 6.45) is -0.0150. The highest BCUT2D eigenvalue weighted by Crippen LogP contribution is 2.46. The Labute approximate surface area is 157 Å². The molecule has 1 aromatic carbocycles. The van der Waals surface area contributed by atoms with E-state index in [1.54, 1.807) is 26.2 Å². The summed E-state index contributed by atoms with van der Waals surface area (Å²) in [6, 6.07) is 7.48. The molecule has 0 bridgehead atoms. The second kappa shape index (κ2) is 8.19. The first-order chi connectivity index (χ1) is 12.3. The van der Waals surface area contributed by atoms with Crippen LogP contribution in [0.25, 0.3) is 0 Å². The first-order valence-corrected chi connectivity index (χ1v) is 8.86. The summed E-state index contributed by atoms with van der Waals surface area (Å²) in [7, 11) is 2.86. The second-order valence-corrected chi connectivity index (χ2v) is 7.22. The van der Waals surface area contributed by atoms with Gasteiger partial charge in [-0.1, -0.05) is 17.8 Å². The minimum absolute atomic E-state index is 0.0150. The Morgan fingerprint density at radius 2 is 2.00 bits per heavy atom. The Morgan fingerprint density at radius 3 is 2.54 bits per heavy atom. The van der Waals surface area contributed by atoms with Crippen LogP contribution in [0.1, 0.15) is 32.3 Å². The van der Waals surface area contributed by atoms with Gasteiger partial charge < -0.3 is 19.9 Å². The maximum absolute atomic E-state index is 12.4. The lowest BCUT2D eigenvalue weighted by atomic mass is 9.84. The van der Waals surface area contributed by atoms with E-state index in [4.69, 9.17) is 19.9 Å². The van der Waals surface area contributed by atoms with Crippen LogP contribution in [0.2, 0.25) is 0 Å². The van der Waals surface area contributed by atoms with Crippen LogP contribution in [0.3, 0.4) is 0 Å². The second-order valence-electron chi connectivity index (χ2n) is 5.96. The summed E-state index contributed by atoms with van der Waals surface area (Å²) in [5.41, 5.74) is 7.49. The van der Waals surface area contributed by atoms with Crippen molar-refractivity contribution in [3.8, 4) is 17.6 Å². The van der Waals surface area contributed by atoms with Gasteiger partial charge in [0.15, 0.2) is 11.5 Å². The fourth-order valence-electron chi connectivity index (χ4n) is 2.80. The maximum atomic E-state index is 12.4. The minimum atomic E-state index is -0.615. The smallest absolute Gasteiger partial charge is 0.335 e. The number of carbonyl (C=O) groups is 1. The zero-order valence-corrected chi connectivity index (χ0v) is 16.3. The van der Waals surface area contributed by atoms with Gasteiger partial charge in [-0.25, -0.2) is 4.79 Å². The highest BCUT2D eigenvalue weighted by molar-refractivity contribution is 8.06. The molecule has 1 heterocycles. The van der Waals surface area contributed by atoms with Gasteiger partial charge in [0.2, 0.25) is 0 Å². The van der Waals surface area contributed by atoms with Gasteiger partial charge in [-0.05, 0) is 43.4 Å². The lowest BCUT2D eigenvalue weighted by Crippen LogP contribution is -2.21. The number of nitrogens with two attached hydrogens (primary N) is 1. The molecular formula is C19H22N2O4S. The Balaban J connectivity index is 2.62. The topological polar surface area (TPSA) is 94.6 Å². The molecule has 26 heavy (non-hydrogen) atoms. The average Bonchev–Trinajstić information content (AvgIpc) is 2.60. The van der Waals surface area contributed by atoms with E-state index in [0.29, 0.717) is 38.1 Å². The standard InChI is InChI=1S/C19H22N2O4S/c1-10(2)25-14-7-6-12(8-15(14)23-4)17-13(9-20)18(21)26-11(3)16(17)19(22)24-5/h6-8,10,17H,21H2,1-5H3/t17-/m0/s1. The molecule has 0 saturated heterocycles. The third-order valence-corrected chi connectivity index (χ3v) is 4.86. The van der Waals surface area contributed by atoms with Gasteiger partial charge in [0.05, 0.1) is 48.5 Å². The zero-order chi connectivity index (χ0) is 19.4. The van der Waals surface area contributed by atoms with Crippen LogP contribution in [-0.2, 0) is 9.53 Å². The number of esters is 1. The molecule has 1 aromatic rings. The van der Waals surface area contributed by atoms with E-state index in [1.807, 2.05) is 19.9 Å². The quantitative estimate of drug-likeness (QED) is 0.789. The molecule has 2 rings (SSSR count). The zero-order valence-electron chi connectivity index (χ0n) is 15.5. The molecule has 0 amide bonds. The van der Waals surface area contributed by atoms with Crippen molar-refractivity contribution in [2.75, 3.05) is 14.2 Å². The van der Waals surface area contributed by atoms with Crippen LogP contribution >= 0.6 is 11.8 Å². The first-order valence-electron chi connectivity index (χ1n) is 8.05. The van der Waals surface area contributed by atoms with Crippen molar-refractivity contribution in [1.29, 1.82) is 5.26 Å². The molecule has 1 aliphatic heterocycles. The van der Waals surface area contributed by atoms with E-state index in [1.165, 1.54) is 18.9 Å². The van der Waals surface area contributed by atoms with Crippen molar-refractivity contribution in [3.63, 3.8) is 0 Å². The molecule has 6 nitrogen and oxygen atoms in total. The summed E-state index contributed by atoms with van der Waals surface area (Å²) in [4.78, 5) is 13.1. The molecule has 7 heteroatoms. The average molecular weight is 374 g/mol. The highest BCUT2D eigenvalue weighted by atomic mass is 32.2. The van der Waals surface area contributed by atoms with Gasteiger partial charge >= 0.3 is 5.97 Å². The maximum Gasteiger partial charge on any atom is 0.335 e.